The maximum atomic E-state index is 5.89. The van der Waals surface area contributed by atoms with Crippen molar-refractivity contribution in [2.45, 2.75) is 38.3 Å². The first-order valence-electron chi connectivity index (χ1n) is 7.48. The number of benzene rings is 1. The van der Waals surface area contributed by atoms with Gasteiger partial charge in [-0.15, -0.1) is 0 Å². The highest BCUT2D eigenvalue weighted by Gasteiger charge is 2.36. The van der Waals surface area contributed by atoms with Crippen molar-refractivity contribution >= 4 is 15.9 Å². The molecule has 1 fully saturated rings. The topological polar surface area (TPSA) is 30.5 Å². The van der Waals surface area contributed by atoms with Crippen molar-refractivity contribution in [2.24, 2.45) is 5.92 Å². The first kappa shape index (κ1) is 14.4. The van der Waals surface area contributed by atoms with Gasteiger partial charge in [-0.25, -0.2) is 0 Å². The van der Waals surface area contributed by atoms with Crippen LogP contribution in [0.25, 0.3) is 0 Å². The molecular weight excluding hydrogens is 318 g/mol. The summed E-state index contributed by atoms with van der Waals surface area (Å²) in [5, 5.41) is 3.50. The molecular formula is C16H22BrNO2. The average molecular weight is 340 g/mol. The van der Waals surface area contributed by atoms with Crippen molar-refractivity contribution in [3.05, 3.63) is 27.7 Å². The minimum absolute atomic E-state index is 0.298. The van der Waals surface area contributed by atoms with E-state index in [2.05, 4.69) is 40.3 Å². The Labute approximate surface area is 129 Å². The summed E-state index contributed by atoms with van der Waals surface area (Å²) in [6.07, 6.45) is 3.55. The number of nitrogens with one attached hydrogen (secondary N) is 1. The maximum Gasteiger partial charge on any atom is 0.127 e. The van der Waals surface area contributed by atoms with Crippen molar-refractivity contribution in [1.82, 2.24) is 5.32 Å². The first-order valence-corrected chi connectivity index (χ1v) is 8.28. The van der Waals surface area contributed by atoms with Gasteiger partial charge in [-0.05, 0) is 37.6 Å². The van der Waals surface area contributed by atoms with Crippen LogP contribution in [-0.4, -0.2) is 26.4 Å². The second kappa shape index (κ2) is 6.04. The molecule has 1 aromatic carbocycles. The van der Waals surface area contributed by atoms with Gasteiger partial charge in [-0.1, -0.05) is 22.9 Å². The van der Waals surface area contributed by atoms with Gasteiger partial charge in [0, 0.05) is 35.0 Å². The van der Waals surface area contributed by atoms with E-state index in [1.165, 1.54) is 11.1 Å². The van der Waals surface area contributed by atoms with Gasteiger partial charge >= 0.3 is 0 Å². The fraction of sp³-hybridized carbons (Fsp3) is 0.625. The van der Waals surface area contributed by atoms with Crippen molar-refractivity contribution < 1.29 is 9.47 Å². The van der Waals surface area contributed by atoms with Crippen molar-refractivity contribution in [3.8, 4) is 5.75 Å². The Morgan fingerprint density at radius 3 is 3.00 bits per heavy atom. The summed E-state index contributed by atoms with van der Waals surface area (Å²) < 4.78 is 12.9. The van der Waals surface area contributed by atoms with Gasteiger partial charge in [0.1, 0.15) is 5.75 Å². The Morgan fingerprint density at radius 1 is 1.40 bits per heavy atom. The predicted molar refractivity (Wildman–Crippen MR) is 83.3 cm³/mol. The number of ether oxygens (including phenoxy) is 2. The highest BCUT2D eigenvalue weighted by atomic mass is 79.9. The molecule has 3 atom stereocenters. The minimum Gasteiger partial charge on any atom is -0.493 e. The number of rotatable bonds is 4. The average Bonchev–Trinajstić information content (AvgIpc) is 3.07. The van der Waals surface area contributed by atoms with Gasteiger partial charge in [-0.3, -0.25) is 0 Å². The number of hydrogen-bond donors (Lipinski definition) is 1. The third-order valence-electron chi connectivity index (χ3n) is 4.51. The molecule has 0 aliphatic carbocycles. The van der Waals surface area contributed by atoms with E-state index in [1.807, 2.05) is 7.05 Å². The molecule has 2 heterocycles. The van der Waals surface area contributed by atoms with Gasteiger partial charge in [0.2, 0.25) is 0 Å². The second-order valence-corrected chi connectivity index (χ2v) is 6.53. The Balaban J connectivity index is 1.97. The van der Waals surface area contributed by atoms with Gasteiger partial charge < -0.3 is 14.8 Å². The summed E-state index contributed by atoms with van der Waals surface area (Å²) in [6, 6.07) is 4.68. The van der Waals surface area contributed by atoms with Crippen LogP contribution in [0.1, 0.15) is 36.9 Å². The fourth-order valence-electron chi connectivity index (χ4n) is 3.60. The minimum atomic E-state index is 0.298. The van der Waals surface area contributed by atoms with Crippen LogP contribution in [0.3, 0.4) is 0 Å². The molecule has 0 radical (unpaired) electrons. The number of fused-ring (bicyclic) bond motifs is 1. The van der Waals surface area contributed by atoms with E-state index in [9.17, 15) is 0 Å². The van der Waals surface area contributed by atoms with Gasteiger partial charge in [0.25, 0.3) is 0 Å². The van der Waals surface area contributed by atoms with E-state index in [1.54, 1.807) is 0 Å². The van der Waals surface area contributed by atoms with Crippen molar-refractivity contribution in [1.29, 1.82) is 0 Å². The first-order chi connectivity index (χ1) is 9.74. The van der Waals surface area contributed by atoms with E-state index in [0.29, 0.717) is 18.1 Å². The van der Waals surface area contributed by atoms with E-state index in [0.717, 1.165) is 42.7 Å². The lowest BCUT2D eigenvalue weighted by Crippen LogP contribution is -2.31. The molecule has 20 heavy (non-hydrogen) atoms. The SMILES string of the molecule is CCC1OCCC1C(NC)c1cc(Br)cc2c1OCC2. The molecule has 0 amide bonds. The fourth-order valence-corrected chi connectivity index (χ4v) is 4.12. The molecule has 3 rings (SSSR count). The smallest absolute Gasteiger partial charge is 0.127 e. The zero-order chi connectivity index (χ0) is 14.1. The molecule has 2 aliphatic rings. The summed E-state index contributed by atoms with van der Waals surface area (Å²) >= 11 is 3.64. The normalized spacial score (nSPS) is 26.4. The van der Waals surface area contributed by atoms with E-state index in [-0.39, 0.29) is 0 Å². The van der Waals surface area contributed by atoms with E-state index < -0.39 is 0 Å². The quantitative estimate of drug-likeness (QED) is 0.911. The van der Waals surface area contributed by atoms with Gasteiger partial charge in [-0.2, -0.15) is 0 Å². The lowest BCUT2D eigenvalue weighted by atomic mass is 9.85. The molecule has 1 aromatic rings. The monoisotopic (exact) mass is 339 g/mol. The lowest BCUT2D eigenvalue weighted by molar-refractivity contribution is 0.0779. The Morgan fingerprint density at radius 2 is 2.25 bits per heavy atom. The third kappa shape index (κ3) is 2.49. The van der Waals surface area contributed by atoms with Crippen LogP contribution in [0.15, 0.2) is 16.6 Å². The summed E-state index contributed by atoms with van der Waals surface area (Å²) in [4.78, 5) is 0. The van der Waals surface area contributed by atoms with Crippen LogP contribution in [-0.2, 0) is 11.2 Å². The lowest BCUT2D eigenvalue weighted by Gasteiger charge is -2.28. The van der Waals surface area contributed by atoms with Crippen molar-refractivity contribution in [2.75, 3.05) is 20.3 Å². The van der Waals surface area contributed by atoms with E-state index in [4.69, 9.17) is 9.47 Å². The molecule has 3 unspecified atom stereocenters. The number of halogens is 1. The summed E-state index contributed by atoms with van der Waals surface area (Å²) in [5.74, 6) is 1.61. The van der Waals surface area contributed by atoms with Crippen LogP contribution >= 0.6 is 15.9 Å². The molecule has 1 N–H and O–H groups in total. The number of hydrogen-bond acceptors (Lipinski definition) is 3. The summed E-state index contributed by atoms with van der Waals surface area (Å²) in [5.41, 5.74) is 2.60. The molecule has 1 saturated heterocycles. The van der Waals surface area contributed by atoms with Crippen LogP contribution in [0.5, 0.6) is 5.75 Å². The largest absolute Gasteiger partial charge is 0.493 e. The third-order valence-corrected chi connectivity index (χ3v) is 4.97. The van der Waals surface area contributed by atoms with Gasteiger partial charge in [0.15, 0.2) is 0 Å². The summed E-state index contributed by atoms with van der Waals surface area (Å²) in [7, 11) is 2.04. The van der Waals surface area contributed by atoms with Crippen LogP contribution in [0, 0.1) is 5.92 Å². The predicted octanol–water partition coefficient (Wildman–Crippen LogP) is 3.46. The highest BCUT2D eigenvalue weighted by molar-refractivity contribution is 9.10. The van der Waals surface area contributed by atoms with Crippen molar-refractivity contribution in [3.63, 3.8) is 0 Å². The summed E-state index contributed by atoms with van der Waals surface area (Å²) in [6.45, 7) is 3.88. The Bertz CT molecular complexity index is 492. The Kier molecular flexibility index (Phi) is 4.34. The molecule has 0 aromatic heterocycles. The standard InChI is InChI=1S/C16H22BrNO2/c1-3-14-12(5-7-19-14)15(18-2)13-9-11(17)8-10-4-6-20-16(10)13/h8-9,12,14-15,18H,3-7H2,1-2H3. The van der Waals surface area contributed by atoms with Crippen LogP contribution < -0.4 is 10.1 Å². The highest BCUT2D eigenvalue weighted by Crippen LogP contribution is 2.42. The molecule has 0 saturated carbocycles. The molecule has 0 bridgehead atoms. The molecule has 0 spiro atoms. The zero-order valence-electron chi connectivity index (χ0n) is 12.1. The molecule has 110 valence electrons. The van der Waals surface area contributed by atoms with E-state index >= 15 is 0 Å². The van der Waals surface area contributed by atoms with Crippen LogP contribution in [0.2, 0.25) is 0 Å². The molecule has 4 heteroatoms. The Hall–Kier alpha value is -0.580. The van der Waals surface area contributed by atoms with Gasteiger partial charge in [0.05, 0.1) is 12.7 Å². The molecule has 3 nitrogen and oxygen atoms in total. The zero-order valence-corrected chi connectivity index (χ0v) is 13.7. The second-order valence-electron chi connectivity index (χ2n) is 5.62. The molecule has 2 aliphatic heterocycles. The maximum absolute atomic E-state index is 5.89. The van der Waals surface area contributed by atoms with Crippen LogP contribution in [0.4, 0.5) is 0 Å².